The van der Waals surface area contributed by atoms with Crippen molar-refractivity contribution in [2.24, 2.45) is 10.9 Å². The Labute approximate surface area is 121 Å². The predicted molar refractivity (Wildman–Crippen MR) is 75.6 cm³/mol. The summed E-state index contributed by atoms with van der Waals surface area (Å²) in [5.74, 6) is -0.120. The lowest BCUT2D eigenvalue weighted by molar-refractivity contribution is 0.0355. The first-order valence-corrected chi connectivity index (χ1v) is 8.42. The Morgan fingerprint density at radius 2 is 2.40 bits per heavy atom. The van der Waals surface area contributed by atoms with Gasteiger partial charge in [0, 0.05) is 18.0 Å². The van der Waals surface area contributed by atoms with Gasteiger partial charge in [-0.15, -0.1) is 11.3 Å². The van der Waals surface area contributed by atoms with Gasteiger partial charge in [0.1, 0.15) is 10.3 Å². The zero-order chi connectivity index (χ0) is 14.8. The first-order chi connectivity index (χ1) is 9.48. The van der Waals surface area contributed by atoms with E-state index in [-0.39, 0.29) is 25.5 Å². The Bertz CT molecular complexity index is 597. The van der Waals surface area contributed by atoms with Crippen LogP contribution in [-0.4, -0.2) is 49.6 Å². The van der Waals surface area contributed by atoms with Crippen LogP contribution in [0.25, 0.3) is 0 Å². The van der Waals surface area contributed by atoms with Gasteiger partial charge in [-0.25, -0.2) is 8.42 Å². The SMILES string of the molecule is CCc1ccc(S(=O)(=O)N2CCOC(C(N)=NO)C2)s1. The molecule has 0 aliphatic carbocycles. The molecular weight excluding hydrogens is 302 g/mol. The molecule has 0 amide bonds. The zero-order valence-electron chi connectivity index (χ0n) is 11.0. The molecule has 112 valence electrons. The summed E-state index contributed by atoms with van der Waals surface area (Å²) < 4.78 is 31.9. The lowest BCUT2D eigenvalue weighted by Gasteiger charge is -2.30. The number of amidine groups is 1. The van der Waals surface area contributed by atoms with Gasteiger partial charge in [0.15, 0.2) is 5.84 Å². The Balaban J connectivity index is 2.21. The van der Waals surface area contributed by atoms with Crippen molar-refractivity contribution in [3.8, 4) is 0 Å². The maximum Gasteiger partial charge on any atom is 0.252 e. The van der Waals surface area contributed by atoms with Crippen LogP contribution in [0.5, 0.6) is 0 Å². The van der Waals surface area contributed by atoms with Gasteiger partial charge in [-0.1, -0.05) is 12.1 Å². The lowest BCUT2D eigenvalue weighted by atomic mass is 10.3. The maximum atomic E-state index is 12.5. The molecule has 2 heterocycles. The summed E-state index contributed by atoms with van der Waals surface area (Å²) in [6.45, 7) is 2.51. The number of hydrogen-bond donors (Lipinski definition) is 2. The van der Waals surface area contributed by atoms with E-state index in [0.29, 0.717) is 4.21 Å². The van der Waals surface area contributed by atoms with Crippen LogP contribution in [0, 0.1) is 0 Å². The van der Waals surface area contributed by atoms with Gasteiger partial charge in [-0.2, -0.15) is 4.31 Å². The third-order valence-corrected chi connectivity index (χ3v) is 6.62. The monoisotopic (exact) mass is 319 g/mol. The van der Waals surface area contributed by atoms with Crippen molar-refractivity contribution in [2.75, 3.05) is 19.7 Å². The van der Waals surface area contributed by atoms with Gasteiger partial charge in [-0.3, -0.25) is 0 Å². The van der Waals surface area contributed by atoms with Crippen LogP contribution in [0.3, 0.4) is 0 Å². The molecule has 1 aliphatic heterocycles. The highest BCUT2D eigenvalue weighted by molar-refractivity contribution is 7.91. The first kappa shape index (κ1) is 15.2. The van der Waals surface area contributed by atoms with Gasteiger partial charge >= 0.3 is 0 Å². The van der Waals surface area contributed by atoms with E-state index in [1.54, 1.807) is 6.07 Å². The summed E-state index contributed by atoms with van der Waals surface area (Å²) in [7, 11) is -3.55. The quantitative estimate of drug-likeness (QED) is 0.363. The van der Waals surface area contributed by atoms with E-state index in [0.717, 1.165) is 11.3 Å². The van der Waals surface area contributed by atoms with Crippen LogP contribution in [0.1, 0.15) is 11.8 Å². The molecule has 1 saturated heterocycles. The summed E-state index contributed by atoms with van der Waals surface area (Å²) in [6.07, 6.45) is 0.0879. The van der Waals surface area contributed by atoms with Gasteiger partial charge in [0.2, 0.25) is 0 Å². The fraction of sp³-hybridized carbons (Fsp3) is 0.545. The molecule has 2 rings (SSSR count). The van der Waals surface area contributed by atoms with Crippen molar-refractivity contribution >= 4 is 27.2 Å². The average Bonchev–Trinajstić information content (AvgIpc) is 2.96. The smallest absolute Gasteiger partial charge is 0.252 e. The second-order valence-electron chi connectivity index (χ2n) is 4.32. The standard InChI is InChI=1S/C11H17N3O4S2/c1-2-8-3-4-10(19-8)20(16,17)14-5-6-18-9(7-14)11(12)13-15/h3-4,9,15H,2,5-7H2,1H3,(H2,12,13). The molecule has 1 unspecified atom stereocenters. The summed E-state index contributed by atoms with van der Waals surface area (Å²) in [5.41, 5.74) is 5.47. The van der Waals surface area contributed by atoms with E-state index in [1.165, 1.54) is 15.6 Å². The van der Waals surface area contributed by atoms with Gasteiger partial charge in [0.05, 0.1) is 6.61 Å². The molecule has 20 heavy (non-hydrogen) atoms. The molecule has 0 saturated carbocycles. The summed E-state index contributed by atoms with van der Waals surface area (Å²) in [6, 6.07) is 3.44. The van der Waals surface area contributed by atoms with Crippen LogP contribution in [0.4, 0.5) is 0 Å². The highest BCUT2D eigenvalue weighted by atomic mass is 32.2. The molecule has 1 fully saturated rings. The van der Waals surface area contributed by atoms with E-state index < -0.39 is 16.1 Å². The fourth-order valence-electron chi connectivity index (χ4n) is 1.90. The molecular formula is C11H17N3O4S2. The summed E-state index contributed by atoms with van der Waals surface area (Å²) in [5, 5.41) is 11.5. The minimum atomic E-state index is -3.55. The molecule has 1 aliphatic rings. The molecule has 0 bridgehead atoms. The number of thiophene rings is 1. The molecule has 1 aromatic heterocycles. The average molecular weight is 319 g/mol. The highest BCUT2D eigenvalue weighted by Gasteiger charge is 2.33. The Morgan fingerprint density at radius 3 is 3.00 bits per heavy atom. The van der Waals surface area contributed by atoms with Crippen LogP contribution in [0.15, 0.2) is 21.5 Å². The zero-order valence-corrected chi connectivity index (χ0v) is 12.7. The van der Waals surface area contributed by atoms with Gasteiger partial charge in [0.25, 0.3) is 10.0 Å². The molecule has 9 heteroatoms. The van der Waals surface area contributed by atoms with E-state index in [1.807, 2.05) is 13.0 Å². The molecule has 7 nitrogen and oxygen atoms in total. The molecule has 3 N–H and O–H groups in total. The molecule has 0 radical (unpaired) electrons. The number of aryl methyl sites for hydroxylation is 1. The largest absolute Gasteiger partial charge is 0.409 e. The van der Waals surface area contributed by atoms with Crippen molar-refractivity contribution in [3.05, 3.63) is 17.0 Å². The number of sulfonamides is 1. The van der Waals surface area contributed by atoms with Crippen LogP contribution >= 0.6 is 11.3 Å². The number of nitrogens with zero attached hydrogens (tertiary/aromatic N) is 2. The second-order valence-corrected chi connectivity index (χ2v) is 7.65. The fourth-order valence-corrected chi connectivity index (χ4v) is 4.78. The van der Waals surface area contributed by atoms with Gasteiger partial charge in [-0.05, 0) is 18.6 Å². The number of rotatable bonds is 4. The van der Waals surface area contributed by atoms with E-state index in [4.69, 9.17) is 15.7 Å². The number of ether oxygens (including phenoxy) is 1. The maximum absolute atomic E-state index is 12.5. The molecule has 1 aromatic rings. The molecule has 1 atom stereocenters. The summed E-state index contributed by atoms with van der Waals surface area (Å²) in [4.78, 5) is 1.02. The minimum absolute atomic E-state index is 0.0532. The Kier molecular flexibility index (Phi) is 4.63. The molecule has 0 aromatic carbocycles. The first-order valence-electron chi connectivity index (χ1n) is 6.17. The second kappa shape index (κ2) is 6.08. The number of oxime groups is 1. The van der Waals surface area contributed by atoms with Crippen molar-refractivity contribution < 1.29 is 18.4 Å². The van der Waals surface area contributed by atoms with Crippen molar-refractivity contribution in [2.45, 2.75) is 23.7 Å². The van der Waals surface area contributed by atoms with Crippen LogP contribution < -0.4 is 5.73 Å². The number of nitrogens with two attached hydrogens (primary N) is 1. The van der Waals surface area contributed by atoms with Crippen molar-refractivity contribution in [3.63, 3.8) is 0 Å². The molecule has 0 spiro atoms. The van der Waals surface area contributed by atoms with Crippen molar-refractivity contribution in [1.82, 2.24) is 4.31 Å². The Hall–Kier alpha value is -1.16. The number of morpholine rings is 1. The highest BCUT2D eigenvalue weighted by Crippen LogP contribution is 2.26. The topological polar surface area (TPSA) is 105 Å². The van der Waals surface area contributed by atoms with E-state index in [2.05, 4.69) is 5.16 Å². The van der Waals surface area contributed by atoms with E-state index in [9.17, 15) is 8.42 Å². The third-order valence-electron chi connectivity index (χ3n) is 3.05. The number of hydrogen-bond acceptors (Lipinski definition) is 6. The van der Waals surface area contributed by atoms with Crippen molar-refractivity contribution in [1.29, 1.82) is 0 Å². The Morgan fingerprint density at radius 1 is 1.65 bits per heavy atom. The summed E-state index contributed by atoms with van der Waals surface area (Å²) >= 11 is 1.27. The third kappa shape index (κ3) is 2.95. The van der Waals surface area contributed by atoms with Crippen LogP contribution in [-0.2, 0) is 21.2 Å². The predicted octanol–water partition coefficient (Wildman–Crippen LogP) is 0.446. The lowest BCUT2D eigenvalue weighted by Crippen LogP contribution is -2.50. The normalized spacial score (nSPS) is 22.1. The van der Waals surface area contributed by atoms with Crippen LogP contribution in [0.2, 0.25) is 0 Å². The van der Waals surface area contributed by atoms with Gasteiger partial charge < -0.3 is 15.7 Å². The minimum Gasteiger partial charge on any atom is -0.409 e. The van der Waals surface area contributed by atoms with E-state index >= 15 is 0 Å².